The number of carbonyl (C=O) groups is 1. The van der Waals surface area contributed by atoms with E-state index in [0.29, 0.717) is 12.2 Å². The van der Waals surface area contributed by atoms with Gasteiger partial charge in [0.1, 0.15) is 0 Å². The van der Waals surface area contributed by atoms with Gasteiger partial charge in [0.25, 0.3) is 0 Å². The molecular formula is C19H20N6O4S. The van der Waals surface area contributed by atoms with Crippen LogP contribution in [0.5, 0.6) is 0 Å². The average molecular weight is 428 g/mol. The van der Waals surface area contributed by atoms with Gasteiger partial charge in [-0.2, -0.15) is 4.98 Å². The molecule has 1 amide bonds. The van der Waals surface area contributed by atoms with E-state index in [9.17, 15) is 13.2 Å². The van der Waals surface area contributed by atoms with E-state index in [1.54, 1.807) is 48.8 Å². The number of hydrazine groups is 1. The first kappa shape index (κ1) is 20.0. The minimum atomic E-state index is -3.47. The normalized spacial score (nSPS) is 13.7. The number of aromatic nitrogens is 3. The molecule has 0 atom stereocenters. The van der Waals surface area contributed by atoms with Gasteiger partial charge in [0, 0.05) is 30.4 Å². The van der Waals surface area contributed by atoms with E-state index in [1.165, 1.54) is 0 Å². The number of pyridine rings is 1. The lowest BCUT2D eigenvalue weighted by Gasteiger charge is -2.07. The molecule has 11 heteroatoms. The van der Waals surface area contributed by atoms with Crippen LogP contribution >= 0.6 is 0 Å². The summed E-state index contributed by atoms with van der Waals surface area (Å²) in [6.45, 7) is 0. The third-order valence-electron chi connectivity index (χ3n) is 4.45. The molecule has 4 rings (SSSR count). The van der Waals surface area contributed by atoms with E-state index in [2.05, 4.69) is 30.7 Å². The molecule has 0 unspecified atom stereocenters. The van der Waals surface area contributed by atoms with Crippen LogP contribution in [0.2, 0.25) is 0 Å². The fourth-order valence-corrected chi connectivity index (χ4v) is 3.96. The largest absolute Gasteiger partial charge is 0.340 e. The summed E-state index contributed by atoms with van der Waals surface area (Å²) in [6, 6.07) is 10.1. The second kappa shape index (κ2) is 8.59. The van der Waals surface area contributed by atoms with Crippen molar-refractivity contribution >= 4 is 21.9 Å². The molecule has 0 spiro atoms. The van der Waals surface area contributed by atoms with Gasteiger partial charge in [-0.25, -0.2) is 18.6 Å². The number of hydrogen-bond donors (Lipinski definition) is 3. The maximum atomic E-state index is 12.2. The van der Waals surface area contributed by atoms with E-state index in [4.69, 9.17) is 4.52 Å². The van der Waals surface area contributed by atoms with Crippen molar-refractivity contribution < 1.29 is 17.7 Å². The first-order valence-corrected chi connectivity index (χ1v) is 10.9. The van der Waals surface area contributed by atoms with Gasteiger partial charge in [0.15, 0.2) is 0 Å². The van der Waals surface area contributed by atoms with E-state index < -0.39 is 10.0 Å². The zero-order chi connectivity index (χ0) is 21.0. The van der Waals surface area contributed by atoms with E-state index in [0.717, 1.165) is 24.0 Å². The predicted octanol–water partition coefficient (Wildman–Crippen LogP) is 1.65. The fraction of sp³-hybridized carbons (Fsp3) is 0.263. The quantitative estimate of drug-likeness (QED) is 0.437. The number of hydrogen-bond acceptors (Lipinski definition) is 8. The van der Waals surface area contributed by atoms with Gasteiger partial charge in [0.2, 0.25) is 21.8 Å². The van der Waals surface area contributed by atoms with Crippen molar-refractivity contribution in [3.63, 3.8) is 0 Å². The summed E-state index contributed by atoms with van der Waals surface area (Å²) in [7, 11) is -3.47. The zero-order valence-corrected chi connectivity index (χ0v) is 16.7. The van der Waals surface area contributed by atoms with Gasteiger partial charge < -0.3 is 4.52 Å². The van der Waals surface area contributed by atoms with Crippen LogP contribution in [-0.2, 0) is 21.2 Å². The van der Waals surface area contributed by atoms with Gasteiger partial charge in [0.05, 0.1) is 4.90 Å². The minimum Gasteiger partial charge on any atom is -0.313 e. The first-order valence-electron chi connectivity index (χ1n) is 9.40. The van der Waals surface area contributed by atoms with Gasteiger partial charge in [-0.15, -0.1) is 0 Å². The SMILES string of the molecule is O=C(CCc1ccc(S(=O)(=O)NC2CC2)cc1)NNc1nc(-c2ccncc2)no1. The van der Waals surface area contributed by atoms with Crippen molar-refractivity contribution in [1.29, 1.82) is 0 Å². The van der Waals surface area contributed by atoms with E-state index in [1.807, 2.05) is 0 Å². The Hall–Kier alpha value is -3.31. The number of benzene rings is 1. The highest BCUT2D eigenvalue weighted by Crippen LogP contribution is 2.22. The molecular weight excluding hydrogens is 408 g/mol. The number of amides is 1. The molecule has 30 heavy (non-hydrogen) atoms. The number of anilines is 1. The summed E-state index contributed by atoms with van der Waals surface area (Å²) in [5, 5.41) is 3.83. The molecule has 0 saturated heterocycles. The summed E-state index contributed by atoms with van der Waals surface area (Å²) in [6.07, 6.45) is 5.66. The molecule has 0 aliphatic heterocycles. The molecule has 2 heterocycles. The molecule has 2 aromatic heterocycles. The van der Waals surface area contributed by atoms with Crippen molar-refractivity contribution in [2.75, 3.05) is 5.43 Å². The van der Waals surface area contributed by atoms with E-state index in [-0.39, 0.29) is 29.3 Å². The van der Waals surface area contributed by atoms with Crippen LogP contribution in [0, 0.1) is 0 Å². The maximum absolute atomic E-state index is 12.2. The van der Waals surface area contributed by atoms with E-state index >= 15 is 0 Å². The summed E-state index contributed by atoms with van der Waals surface area (Å²) in [5.74, 6) is 0.103. The van der Waals surface area contributed by atoms with Crippen LogP contribution < -0.4 is 15.6 Å². The number of nitrogens with zero attached hydrogens (tertiary/aromatic N) is 3. The number of rotatable bonds is 9. The highest BCUT2D eigenvalue weighted by molar-refractivity contribution is 7.89. The molecule has 1 aromatic carbocycles. The van der Waals surface area contributed by atoms with Crippen molar-refractivity contribution in [3.8, 4) is 11.4 Å². The molecule has 1 aliphatic carbocycles. The third-order valence-corrected chi connectivity index (χ3v) is 5.98. The molecule has 0 bridgehead atoms. The highest BCUT2D eigenvalue weighted by Gasteiger charge is 2.27. The first-order chi connectivity index (χ1) is 14.5. The lowest BCUT2D eigenvalue weighted by atomic mass is 10.1. The highest BCUT2D eigenvalue weighted by atomic mass is 32.2. The monoisotopic (exact) mass is 428 g/mol. The summed E-state index contributed by atoms with van der Waals surface area (Å²) >= 11 is 0. The summed E-state index contributed by atoms with van der Waals surface area (Å²) < 4.78 is 32.0. The topological polar surface area (TPSA) is 139 Å². The summed E-state index contributed by atoms with van der Waals surface area (Å²) in [4.78, 5) is 20.3. The smallest absolute Gasteiger partial charge is 0.313 e. The van der Waals surface area contributed by atoms with Crippen molar-refractivity contribution in [2.45, 2.75) is 36.6 Å². The number of sulfonamides is 1. The second-order valence-electron chi connectivity index (χ2n) is 6.87. The molecule has 1 aliphatic rings. The van der Waals surface area contributed by atoms with Gasteiger partial charge in [-0.3, -0.25) is 15.2 Å². The lowest BCUT2D eigenvalue weighted by Crippen LogP contribution is -2.29. The van der Waals surface area contributed by atoms with Crippen molar-refractivity contribution in [1.82, 2.24) is 25.3 Å². The van der Waals surface area contributed by atoms with Gasteiger partial charge >= 0.3 is 6.01 Å². The van der Waals surface area contributed by atoms with Gasteiger partial charge in [-0.05, 0) is 49.1 Å². The fourth-order valence-electron chi connectivity index (χ4n) is 2.66. The Balaban J connectivity index is 1.24. The van der Waals surface area contributed by atoms with Crippen LogP contribution in [0.4, 0.5) is 6.01 Å². The second-order valence-corrected chi connectivity index (χ2v) is 8.59. The number of carbonyl (C=O) groups excluding carboxylic acids is 1. The van der Waals surface area contributed by atoms with Crippen LogP contribution in [0.25, 0.3) is 11.4 Å². The minimum absolute atomic E-state index is 0.0607. The van der Waals surface area contributed by atoms with Crippen LogP contribution in [0.1, 0.15) is 24.8 Å². The van der Waals surface area contributed by atoms with Gasteiger partial charge in [-0.1, -0.05) is 17.3 Å². The zero-order valence-electron chi connectivity index (χ0n) is 15.9. The lowest BCUT2D eigenvalue weighted by molar-refractivity contribution is -0.120. The van der Waals surface area contributed by atoms with Crippen molar-refractivity contribution in [2.24, 2.45) is 0 Å². The van der Waals surface area contributed by atoms with Crippen molar-refractivity contribution in [3.05, 3.63) is 54.4 Å². The van der Waals surface area contributed by atoms with Crippen LogP contribution in [0.3, 0.4) is 0 Å². The molecule has 10 nitrogen and oxygen atoms in total. The molecule has 3 aromatic rings. The molecule has 1 fully saturated rings. The molecule has 0 radical (unpaired) electrons. The predicted molar refractivity (Wildman–Crippen MR) is 107 cm³/mol. The van der Waals surface area contributed by atoms with Crippen LogP contribution in [-0.4, -0.2) is 35.5 Å². The van der Waals surface area contributed by atoms with Crippen LogP contribution in [0.15, 0.2) is 58.2 Å². The number of nitrogens with one attached hydrogen (secondary N) is 3. The summed E-state index contributed by atoms with van der Waals surface area (Å²) in [5.41, 5.74) is 6.67. The standard InChI is InChI=1S/C19H20N6O4S/c26-17(22-23-19-21-18(24-29-19)14-9-11-20-12-10-14)8-3-13-1-6-16(7-2-13)30(27,28)25-15-4-5-15/h1-2,6-7,9-12,15,25H,3-5,8H2,(H,22,26)(H,21,23,24). The molecule has 3 N–H and O–H groups in total. The Bertz CT molecular complexity index is 1110. The average Bonchev–Trinajstić information content (AvgIpc) is 3.43. The maximum Gasteiger partial charge on any atom is 0.340 e. The Labute approximate surface area is 173 Å². The Morgan fingerprint density at radius 1 is 1.10 bits per heavy atom. The molecule has 156 valence electrons. The Kier molecular flexibility index (Phi) is 5.72. The Morgan fingerprint density at radius 3 is 2.53 bits per heavy atom. The Morgan fingerprint density at radius 2 is 1.83 bits per heavy atom. The third kappa shape index (κ3) is 5.19. The number of aryl methyl sites for hydroxylation is 1. The molecule has 1 saturated carbocycles.